The molecule has 0 spiro atoms. The fraction of sp³-hybridized carbons (Fsp3) is 1.00. The largest absolute Gasteiger partial charge is 0.304 e. The van der Waals surface area contributed by atoms with E-state index >= 15 is 0 Å². The smallest absolute Gasteiger partial charge is 0.00356 e. The summed E-state index contributed by atoms with van der Waals surface area (Å²) in [4.78, 5) is 2.46. The second kappa shape index (κ2) is 12.0. The molecule has 0 saturated heterocycles. The predicted octanol–water partition coefficient (Wildman–Crippen LogP) is 4.57. The van der Waals surface area contributed by atoms with E-state index in [9.17, 15) is 0 Å². The maximum absolute atomic E-state index is 2.46. The maximum atomic E-state index is 2.46. The lowest BCUT2D eigenvalue weighted by Gasteiger charge is -2.26. The molecule has 0 aliphatic rings. The molecule has 1 atom stereocenters. The van der Waals surface area contributed by atoms with Gasteiger partial charge in [0.25, 0.3) is 0 Å². The van der Waals surface area contributed by atoms with Gasteiger partial charge < -0.3 is 4.90 Å². The van der Waals surface area contributed by atoms with E-state index in [2.05, 4.69) is 39.6 Å². The fourth-order valence-electron chi connectivity index (χ4n) is 1.54. The number of nitrogens with zero attached hydrogens (tertiary/aromatic N) is 1. The summed E-state index contributed by atoms with van der Waals surface area (Å²) >= 11 is 0. The predicted molar refractivity (Wildman–Crippen MR) is 72.4 cm³/mol. The third-order valence-electron chi connectivity index (χ3n) is 2.97. The summed E-state index contributed by atoms with van der Waals surface area (Å²) < 4.78 is 0. The Morgan fingerprint density at radius 3 is 1.93 bits per heavy atom. The molecule has 0 rings (SSSR count). The molecule has 0 heterocycles. The van der Waals surface area contributed by atoms with Gasteiger partial charge in [-0.25, -0.2) is 0 Å². The van der Waals surface area contributed by atoms with E-state index in [1.165, 1.54) is 32.2 Å². The molecule has 0 fully saturated rings. The zero-order valence-corrected chi connectivity index (χ0v) is 12.1. The summed E-state index contributed by atoms with van der Waals surface area (Å²) in [6.07, 6.45) is 5.47. The molecule has 0 aliphatic heterocycles. The van der Waals surface area contributed by atoms with Crippen molar-refractivity contribution in [3.8, 4) is 0 Å². The van der Waals surface area contributed by atoms with Crippen molar-refractivity contribution in [2.45, 2.75) is 73.3 Å². The third-order valence-corrected chi connectivity index (χ3v) is 2.97. The van der Waals surface area contributed by atoms with Crippen molar-refractivity contribution < 1.29 is 0 Å². The van der Waals surface area contributed by atoms with Crippen LogP contribution in [0.2, 0.25) is 0 Å². The minimum absolute atomic E-state index is 0.690. The van der Waals surface area contributed by atoms with Crippen LogP contribution in [0.4, 0.5) is 0 Å². The van der Waals surface area contributed by atoms with Crippen molar-refractivity contribution in [2.24, 2.45) is 5.92 Å². The summed E-state index contributed by atoms with van der Waals surface area (Å²) in [6.45, 7) is 14.4. The molecule has 1 unspecified atom stereocenters. The van der Waals surface area contributed by atoms with E-state index < -0.39 is 0 Å². The van der Waals surface area contributed by atoms with Crippen LogP contribution < -0.4 is 0 Å². The monoisotopic (exact) mass is 215 g/mol. The van der Waals surface area contributed by atoms with Crippen LogP contribution in [0.3, 0.4) is 0 Å². The average Bonchev–Trinajstić information content (AvgIpc) is 2.26. The van der Waals surface area contributed by atoms with E-state index in [0.29, 0.717) is 6.04 Å². The van der Waals surface area contributed by atoms with Crippen LogP contribution in [0.5, 0.6) is 0 Å². The van der Waals surface area contributed by atoms with Crippen molar-refractivity contribution in [1.29, 1.82) is 0 Å². The minimum atomic E-state index is 0.690. The summed E-state index contributed by atoms with van der Waals surface area (Å²) in [5.41, 5.74) is 0. The zero-order valence-electron chi connectivity index (χ0n) is 12.1. The molecule has 0 aromatic rings. The van der Waals surface area contributed by atoms with Crippen molar-refractivity contribution >= 4 is 0 Å². The second-order valence-corrected chi connectivity index (χ2v) is 4.45. The Hall–Kier alpha value is -0.0400. The molecule has 15 heavy (non-hydrogen) atoms. The van der Waals surface area contributed by atoms with Gasteiger partial charge in [0.05, 0.1) is 0 Å². The lowest BCUT2D eigenvalue weighted by molar-refractivity contribution is 0.218. The third kappa shape index (κ3) is 10.2. The Morgan fingerprint density at radius 2 is 1.60 bits per heavy atom. The highest BCUT2D eigenvalue weighted by atomic mass is 15.1. The first kappa shape index (κ1) is 17.4. The number of hydrogen-bond donors (Lipinski definition) is 0. The molecule has 0 bridgehead atoms. The van der Waals surface area contributed by atoms with Gasteiger partial charge in [-0.2, -0.15) is 0 Å². The van der Waals surface area contributed by atoms with Crippen LogP contribution in [0, 0.1) is 5.92 Å². The number of unbranched alkanes of at least 4 members (excludes halogenated alkanes) is 1. The summed E-state index contributed by atoms with van der Waals surface area (Å²) in [5, 5.41) is 0. The van der Waals surface area contributed by atoms with E-state index in [1.54, 1.807) is 0 Å². The Labute approximate surface area is 98.2 Å². The SMILES string of the molecule is CC.CCCCC(CC)CN(C)C(C)C. The van der Waals surface area contributed by atoms with Gasteiger partial charge in [-0.3, -0.25) is 0 Å². The molecule has 0 aromatic heterocycles. The Bertz CT molecular complexity index is 110. The minimum Gasteiger partial charge on any atom is -0.304 e. The number of hydrogen-bond acceptors (Lipinski definition) is 1. The maximum Gasteiger partial charge on any atom is 0.00356 e. The normalized spacial score (nSPS) is 12.6. The van der Waals surface area contributed by atoms with Crippen molar-refractivity contribution in [3.63, 3.8) is 0 Å². The van der Waals surface area contributed by atoms with Crippen molar-refractivity contribution in [2.75, 3.05) is 13.6 Å². The molecule has 0 aromatic carbocycles. The highest BCUT2D eigenvalue weighted by molar-refractivity contribution is 4.64. The molecule has 1 heteroatoms. The van der Waals surface area contributed by atoms with Gasteiger partial charge in [-0.05, 0) is 33.2 Å². The molecule has 0 amide bonds. The van der Waals surface area contributed by atoms with Gasteiger partial charge in [0.1, 0.15) is 0 Å². The number of rotatable bonds is 7. The first-order chi connectivity index (χ1) is 7.11. The molecule has 0 aliphatic carbocycles. The topological polar surface area (TPSA) is 3.24 Å². The van der Waals surface area contributed by atoms with Gasteiger partial charge in [0.15, 0.2) is 0 Å². The molecular formula is C14H33N. The van der Waals surface area contributed by atoms with Crippen LogP contribution in [0.1, 0.15) is 67.2 Å². The summed E-state index contributed by atoms with van der Waals surface area (Å²) in [6, 6.07) is 0.690. The van der Waals surface area contributed by atoms with Crippen molar-refractivity contribution in [1.82, 2.24) is 4.90 Å². The molecule has 1 nitrogen and oxygen atoms in total. The van der Waals surface area contributed by atoms with E-state index in [-0.39, 0.29) is 0 Å². The van der Waals surface area contributed by atoms with Crippen molar-refractivity contribution in [3.05, 3.63) is 0 Å². The lowest BCUT2D eigenvalue weighted by atomic mass is 9.98. The molecule has 0 N–H and O–H groups in total. The molecular weight excluding hydrogens is 182 g/mol. The standard InChI is InChI=1S/C12H27N.C2H6/c1-6-8-9-12(7-2)10-13(5)11(3)4;1-2/h11-12H,6-10H2,1-5H3;1-2H3. The molecule has 94 valence electrons. The molecule has 0 radical (unpaired) electrons. The van der Waals surface area contributed by atoms with Gasteiger partial charge >= 0.3 is 0 Å². The lowest BCUT2D eigenvalue weighted by Crippen LogP contribution is -2.31. The average molecular weight is 215 g/mol. The van der Waals surface area contributed by atoms with Crippen LogP contribution >= 0.6 is 0 Å². The molecule has 0 saturated carbocycles. The van der Waals surface area contributed by atoms with Crippen LogP contribution in [-0.4, -0.2) is 24.5 Å². The van der Waals surface area contributed by atoms with Crippen LogP contribution in [-0.2, 0) is 0 Å². The van der Waals surface area contributed by atoms with Gasteiger partial charge in [-0.1, -0.05) is 47.0 Å². The second-order valence-electron chi connectivity index (χ2n) is 4.45. The van der Waals surface area contributed by atoms with Gasteiger partial charge in [-0.15, -0.1) is 0 Å². The Morgan fingerprint density at radius 1 is 1.07 bits per heavy atom. The van der Waals surface area contributed by atoms with E-state index in [1.807, 2.05) is 13.8 Å². The highest BCUT2D eigenvalue weighted by Crippen LogP contribution is 2.14. The first-order valence-corrected chi connectivity index (χ1v) is 6.82. The highest BCUT2D eigenvalue weighted by Gasteiger charge is 2.10. The summed E-state index contributed by atoms with van der Waals surface area (Å²) in [7, 11) is 2.24. The van der Waals surface area contributed by atoms with Gasteiger partial charge in [0.2, 0.25) is 0 Å². The quantitative estimate of drug-likeness (QED) is 0.601. The first-order valence-electron chi connectivity index (χ1n) is 6.82. The fourth-order valence-corrected chi connectivity index (χ4v) is 1.54. The zero-order chi connectivity index (χ0) is 12.3. The van der Waals surface area contributed by atoms with E-state index in [4.69, 9.17) is 0 Å². The van der Waals surface area contributed by atoms with E-state index in [0.717, 1.165) is 5.92 Å². The summed E-state index contributed by atoms with van der Waals surface area (Å²) in [5.74, 6) is 0.910. The Balaban J connectivity index is 0. The van der Waals surface area contributed by atoms with Crippen LogP contribution in [0.25, 0.3) is 0 Å². The Kier molecular flexibility index (Phi) is 13.9. The van der Waals surface area contributed by atoms with Crippen LogP contribution in [0.15, 0.2) is 0 Å². The van der Waals surface area contributed by atoms with Gasteiger partial charge in [0, 0.05) is 12.6 Å².